The van der Waals surface area contributed by atoms with Gasteiger partial charge in [0.15, 0.2) is 0 Å². The van der Waals surface area contributed by atoms with E-state index in [1.807, 2.05) is 50.2 Å². The van der Waals surface area contributed by atoms with Crippen LogP contribution in [0.25, 0.3) is 11.1 Å². The third kappa shape index (κ3) is 11.6. The summed E-state index contributed by atoms with van der Waals surface area (Å²) in [7, 11) is -3.82. The lowest BCUT2D eigenvalue weighted by Gasteiger charge is -2.15. The average Bonchev–Trinajstić information content (AvgIpc) is 2.90. The molecule has 0 spiro atoms. The van der Waals surface area contributed by atoms with Crippen LogP contribution >= 0.6 is 24.8 Å². The number of amides is 1. The summed E-state index contributed by atoms with van der Waals surface area (Å²) in [5.74, 6) is -0.691. The molecule has 6 N–H and O–H groups in total. The third-order valence-electron chi connectivity index (χ3n) is 6.33. The summed E-state index contributed by atoms with van der Waals surface area (Å²) in [6, 6.07) is 20.8. The molecular weight excluding hydrogens is 585 g/mol. The molecule has 0 heterocycles. The van der Waals surface area contributed by atoms with E-state index in [-0.39, 0.29) is 49.5 Å². The molecule has 0 radical (unpaired) electrons. The molecule has 3 aromatic carbocycles. The fourth-order valence-electron chi connectivity index (χ4n) is 4.28. The minimum absolute atomic E-state index is 0. The summed E-state index contributed by atoms with van der Waals surface area (Å²) in [6.07, 6.45) is 0.896. The number of halogens is 2. The number of aliphatic hydroxyl groups is 2. The molecule has 226 valence electrons. The summed E-state index contributed by atoms with van der Waals surface area (Å²) < 4.78 is 26.5. The highest BCUT2D eigenvalue weighted by Gasteiger charge is 2.19. The second-order valence-electron chi connectivity index (χ2n) is 10.1. The molecule has 0 aromatic heterocycles. The van der Waals surface area contributed by atoms with Crippen LogP contribution in [0.4, 0.5) is 5.69 Å². The number of anilines is 1. The van der Waals surface area contributed by atoms with Gasteiger partial charge in [0.25, 0.3) is 5.91 Å². The fraction of sp³-hybridized carbons (Fsp3) is 0.367. The van der Waals surface area contributed by atoms with Gasteiger partial charge >= 0.3 is 0 Å². The Kier molecular flexibility index (Phi) is 15.4. The van der Waals surface area contributed by atoms with E-state index in [1.165, 1.54) is 0 Å². The first kappa shape index (κ1) is 36.4. The van der Waals surface area contributed by atoms with Crippen molar-refractivity contribution in [3.05, 3.63) is 89.0 Å². The zero-order valence-corrected chi connectivity index (χ0v) is 25.8. The third-order valence-corrected chi connectivity index (χ3v) is 7.66. The summed E-state index contributed by atoms with van der Waals surface area (Å²) in [4.78, 5) is 12.8. The molecule has 1 amide bonds. The van der Waals surface area contributed by atoms with Crippen LogP contribution in [-0.2, 0) is 22.9 Å². The standard InChI is InChI=1S/C30H39N3O5S.2ClH/c1-21(2)18-26-19-25(10-13-28(26)30(36)33-39(37,38)17-3-16-34)23-6-4-22(5-7-23)14-15-32-20-29(35)24-8-11-27(31)12-9-24;;/h4-13,19,21,29,32,34-35H,3,14-18,20,31H2,1-2H3,(H,33,36);2*1H/t29-;;/m1../s1. The lowest BCUT2D eigenvalue weighted by molar-refractivity contribution is 0.0980. The number of aliphatic hydroxyl groups excluding tert-OH is 2. The number of nitrogens with two attached hydrogens (primary N) is 1. The number of hydrogen-bond acceptors (Lipinski definition) is 7. The van der Waals surface area contributed by atoms with E-state index >= 15 is 0 Å². The van der Waals surface area contributed by atoms with Crippen molar-refractivity contribution in [1.82, 2.24) is 10.0 Å². The van der Waals surface area contributed by atoms with Crippen LogP contribution in [0.3, 0.4) is 0 Å². The Morgan fingerprint density at radius 1 is 0.951 bits per heavy atom. The largest absolute Gasteiger partial charge is 0.399 e. The Balaban J connectivity index is 0.00000420. The van der Waals surface area contributed by atoms with E-state index in [0.29, 0.717) is 24.2 Å². The average molecular weight is 627 g/mol. The van der Waals surface area contributed by atoms with E-state index in [0.717, 1.165) is 40.8 Å². The van der Waals surface area contributed by atoms with Gasteiger partial charge in [-0.05, 0) is 77.7 Å². The van der Waals surface area contributed by atoms with Crippen LogP contribution < -0.4 is 15.8 Å². The first-order chi connectivity index (χ1) is 18.6. The van der Waals surface area contributed by atoms with Gasteiger partial charge in [0.1, 0.15) is 0 Å². The first-order valence-corrected chi connectivity index (χ1v) is 14.9. The molecule has 0 saturated carbocycles. The van der Waals surface area contributed by atoms with E-state index < -0.39 is 22.0 Å². The molecule has 11 heteroatoms. The Labute approximate surface area is 255 Å². The van der Waals surface area contributed by atoms with Crippen molar-refractivity contribution >= 4 is 46.4 Å². The molecule has 3 aromatic rings. The van der Waals surface area contributed by atoms with E-state index in [1.54, 1.807) is 18.2 Å². The number of nitrogen functional groups attached to an aromatic ring is 1. The molecule has 0 fully saturated rings. The van der Waals surface area contributed by atoms with Crippen LogP contribution in [-0.4, -0.2) is 50.0 Å². The SMILES string of the molecule is CC(C)Cc1cc(-c2ccc(CCNC[C@@H](O)c3ccc(N)cc3)cc2)ccc1C(=O)NS(=O)(=O)CCCO.Cl.Cl. The number of carbonyl (C=O) groups excluding carboxylic acids is 1. The smallest absolute Gasteiger partial charge is 0.265 e. The maximum absolute atomic E-state index is 12.8. The zero-order valence-electron chi connectivity index (χ0n) is 23.4. The predicted octanol–water partition coefficient (Wildman–Crippen LogP) is 4.29. The highest BCUT2D eigenvalue weighted by molar-refractivity contribution is 7.90. The maximum atomic E-state index is 12.8. The number of sulfonamides is 1. The highest BCUT2D eigenvalue weighted by atomic mass is 35.5. The van der Waals surface area contributed by atoms with Gasteiger partial charge in [-0.25, -0.2) is 13.1 Å². The summed E-state index contributed by atoms with van der Waals surface area (Å²) in [6.45, 7) is 5.00. The van der Waals surface area contributed by atoms with Crippen LogP contribution in [0.15, 0.2) is 66.7 Å². The lowest BCUT2D eigenvalue weighted by Crippen LogP contribution is -2.33. The predicted molar refractivity (Wildman–Crippen MR) is 170 cm³/mol. The van der Waals surface area contributed by atoms with Crippen molar-refractivity contribution in [1.29, 1.82) is 0 Å². The Hall–Kier alpha value is -2.66. The van der Waals surface area contributed by atoms with Crippen LogP contribution in [0.2, 0.25) is 0 Å². The van der Waals surface area contributed by atoms with Crippen molar-refractivity contribution < 1.29 is 23.4 Å². The Bertz CT molecular complexity index is 1340. The highest BCUT2D eigenvalue weighted by Crippen LogP contribution is 2.25. The molecule has 0 aliphatic carbocycles. The molecule has 1 atom stereocenters. The number of hydrogen-bond donors (Lipinski definition) is 5. The van der Waals surface area contributed by atoms with Gasteiger partial charge in [-0.15, -0.1) is 24.8 Å². The number of benzene rings is 3. The Morgan fingerprint density at radius 3 is 2.20 bits per heavy atom. The van der Waals surface area contributed by atoms with Gasteiger partial charge in [-0.3, -0.25) is 4.79 Å². The quantitative estimate of drug-likeness (QED) is 0.133. The van der Waals surface area contributed by atoms with Crippen molar-refractivity contribution in [2.75, 3.05) is 31.2 Å². The second-order valence-corrected chi connectivity index (χ2v) is 12.0. The molecule has 8 nitrogen and oxygen atoms in total. The Morgan fingerprint density at radius 2 is 1.59 bits per heavy atom. The van der Waals surface area contributed by atoms with Gasteiger partial charge in [0.05, 0.1) is 11.9 Å². The van der Waals surface area contributed by atoms with Crippen molar-refractivity contribution in [3.8, 4) is 11.1 Å². The fourth-order valence-corrected chi connectivity index (χ4v) is 5.28. The minimum atomic E-state index is -3.82. The molecule has 0 saturated heterocycles. The van der Waals surface area contributed by atoms with Crippen LogP contribution in [0, 0.1) is 5.92 Å². The number of rotatable bonds is 14. The maximum Gasteiger partial charge on any atom is 0.265 e. The first-order valence-electron chi connectivity index (χ1n) is 13.2. The molecule has 0 bridgehead atoms. The molecule has 3 rings (SSSR count). The van der Waals surface area contributed by atoms with E-state index in [4.69, 9.17) is 10.8 Å². The van der Waals surface area contributed by atoms with Gasteiger partial charge in [0.2, 0.25) is 10.0 Å². The van der Waals surface area contributed by atoms with Gasteiger partial charge in [-0.2, -0.15) is 0 Å². The van der Waals surface area contributed by atoms with Crippen LogP contribution in [0.5, 0.6) is 0 Å². The monoisotopic (exact) mass is 625 g/mol. The topological polar surface area (TPSA) is 142 Å². The van der Waals surface area contributed by atoms with Gasteiger partial charge < -0.3 is 21.3 Å². The van der Waals surface area contributed by atoms with Crippen molar-refractivity contribution in [2.24, 2.45) is 5.92 Å². The molecule has 0 unspecified atom stereocenters. The lowest BCUT2D eigenvalue weighted by atomic mass is 9.93. The van der Waals surface area contributed by atoms with Crippen molar-refractivity contribution in [3.63, 3.8) is 0 Å². The van der Waals surface area contributed by atoms with Gasteiger partial charge in [0, 0.05) is 24.4 Å². The number of carbonyl (C=O) groups is 1. The van der Waals surface area contributed by atoms with Gasteiger partial charge in [-0.1, -0.05) is 62.4 Å². The minimum Gasteiger partial charge on any atom is -0.399 e. The molecular formula is C30H41Cl2N3O5S. The van der Waals surface area contributed by atoms with E-state index in [2.05, 4.69) is 22.2 Å². The summed E-state index contributed by atoms with van der Waals surface area (Å²) in [5.41, 5.74) is 11.4. The molecule has 41 heavy (non-hydrogen) atoms. The van der Waals surface area contributed by atoms with Crippen LogP contribution in [0.1, 0.15) is 53.4 Å². The number of nitrogens with one attached hydrogen (secondary N) is 2. The van der Waals surface area contributed by atoms with Crippen molar-refractivity contribution in [2.45, 2.75) is 39.2 Å². The summed E-state index contributed by atoms with van der Waals surface area (Å²) >= 11 is 0. The molecule has 0 aliphatic rings. The van der Waals surface area contributed by atoms with E-state index in [9.17, 15) is 18.3 Å². The zero-order chi connectivity index (χ0) is 28.4. The normalized spacial score (nSPS) is 11.8. The molecule has 0 aliphatic heterocycles. The second kappa shape index (κ2) is 17.3. The summed E-state index contributed by atoms with van der Waals surface area (Å²) in [5, 5.41) is 22.5.